The van der Waals surface area contributed by atoms with Crippen molar-refractivity contribution in [1.82, 2.24) is 10.4 Å². The third-order valence-corrected chi connectivity index (χ3v) is 4.53. The summed E-state index contributed by atoms with van der Waals surface area (Å²) in [7, 11) is 0. The first-order chi connectivity index (χ1) is 9.67. The summed E-state index contributed by atoms with van der Waals surface area (Å²) in [5.41, 5.74) is 5.97. The molecule has 1 aromatic carbocycles. The molecule has 1 unspecified atom stereocenters. The van der Waals surface area contributed by atoms with Crippen molar-refractivity contribution in [2.24, 2.45) is 5.84 Å². The van der Waals surface area contributed by atoms with Gasteiger partial charge in [0.2, 0.25) is 0 Å². The molecule has 3 aromatic rings. The Balaban J connectivity index is 2.05. The fourth-order valence-electron chi connectivity index (χ4n) is 2.25. The second-order valence-electron chi connectivity index (χ2n) is 4.65. The maximum Gasteiger partial charge on any atom is 0.0931 e. The lowest BCUT2D eigenvalue weighted by molar-refractivity contribution is 0.647. The number of benzene rings is 1. The van der Waals surface area contributed by atoms with Gasteiger partial charge in [0.15, 0.2) is 0 Å². The molecule has 0 bridgehead atoms. The van der Waals surface area contributed by atoms with E-state index in [0.29, 0.717) is 0 Å². The molecule has 2 aromatic heterocycles. The SMILES string of the molecule is Cc1ccc2cc(C(NN)c3ccc(Cl)s3)ccc2n1. The van der Waals surface area contributed by atoms with E-state index in [9.17, 15) is 0 Å². The van der Waals surface area contributed by atoms with Gasteiger partial charge in [-0.05, 0) is 42.8 Å². The highest BCUT2D eigenvalue weighted by molar-refractivity contribution is 7.16. The van der Waals surface area contributed by atoms with Crippen molar-refractivity contribution in [2.45, 2.75) is 13.0 Å². The van der Waals surface area contributed by atoms with Gasteiger partial charge in [-0.25, -0.2) is 5.43 Å². The maximum absolute atomic E-state index is 6.00. The van der Waals surface area contributed by atoms with E-state index in [1.807, 2.05) is 37.3 Å². The van der Waals surface area contributed by atoms with Crippen LogP contribution < -0.4 is 11.3 Å². The van der Waals surface area contributed by atoms with Gasteiger partial charge in [-0.15, -0.1) is 11.3 Å². The summed E-state index contributed by atoms with van der Waals surface area (Å²) in [6.45, 7) is 1.99. The second-order valence-corrected chi connectivity index (χ2v) is 6.39. The summed E-state index contributed by atoms with van der Waals surface area (Å²) in [4.78, 5) is 5.60. The molecule has 0 aliphatic rings. The summed E-state index contributed by atoms with van der Waals surface area (Å²) in [5.74, 6) is 5.71. The Hall–Kier alpha value is -1.46. The number of aromatic nitrogens is 1. The molecule has 0 aliphatic carbocycles. The number of thiophene rings is 1. The lowest BCUT2D eigenvalue weighted by Crippen LogP contribution is -2.28. The van der Waals surface area contributed by atoms with Crippen LogP contribution in [0.2, 0.25) is 4.34 Å². The standard InChI is InChI=1S/C15H14ClN3S/c1-9-2-3-10-8-11(4-5-12(10)18-9)15(19-17)13-6-7-14(16)20-13/h2-8,15,19H,17H2,1H3. The Morgan fingerprint density at radius 2 is 2.05 bits per heavy atom. The Labute approximate surface area is 126 Å². The zero-order chi connectivity index (χ0) is 14.1. The summed E-state index contributed by atoms with van der Waals surface area (Å²) >= 11 is 7.53. The van der Waals surface area contributed by atoms with Crippen LogP contribution in [-0.4, -0.2) is 4.98 Å². The molecule has 0 aliphatic heterocycles. The molecule has 0 saturated carbocycles. The van der Waals surface area contributed by atoms with Crippen LogP contribution in [0.3, 0.4) is 0 Å². The van der Waals surface area contributed by atoms with Crippen LogP contribution in [-0.2, 0) is 0 Å². The molecule has 2 heterocycles. The highest BCUT2D eigenvalue weighted by Crippen LogP contribution is 2.31. The molecule has 0 saturated heterocycles. The van der Waals surface area contributed by atoms with E-state index in [4.69, 9.17) is 17.4 Å². The maximum atomic E-state index is 6.00. The van der Waals surface area contributed by atoms with Crippen molar-refractivity contribution in [3.05, 3.63) is 62.9 Å². The van der Waals surface area contributed by atoms with Gasteiger partial charge in [0.05, 0.1) is 15.9 Å². The highest BCUT2D eigenvalue weighted by Gasteiger charge is 2.15. The second kappa shape index (κ2) is 5.50. The van der Waals surface area contributed by atoms with E-state index in [-0.39, 0.29) is 6.04 Å². The monoisotopic (exact) mass is 303 g/mol. The first kappa shape index (κ1) is 13.5. The summed E-state index contributed by atoms with van der Waals surface area (Å²) in [6.07, 6.45) is 0. The molecule has 1 atom stereocenters. The van der Waals surface area contributed by atoms with E-state index in [2.05, 4.69) is 22.5 Å². The predicted molar refractivity (Wildman–Crippen MR) is 85.0 cm³/mol. The molecule has 20 heavy (non-hydrogen) atoms. The number of fused-ring (bicyclic) bond motifs is 1. The van der Waals surface area contributed by atoms with Gasteiger partial charge in [-0.2, -0.15) is 0 Å². The minimum atomic E-state index is -0.0572. The molecule has 0 spiro atoms. The highest BCUT2D eigenvalue weighted by atomic mass is 35.5. The van der Waals surface area contributed by atoms with Gasteiger partial charge in [0.25, 0.3) is 0 Å². The van der Waals surface area contributed by atoms with Crippen molar-refractivity contribution in [2.75, 3.05) is 0 Å². The number of pyridine rings is 1. The van der Waals surface area contributed by atoms with Gasteiger partial charge in [0, 0.05) is 16.0 Å². The van der Waals surface area contributed by atoms with Crippen molar-refractivity contribution in [1.29, 1.82) is 0 Å². The van der Waals surface area contributed by atoms with Gasteiger partial charge in [0.1, 0.15) is 0 Å². The van der Waals surface area contributed by atoms with Crippen LogP contribution in [0.4, 0.5) is 0 Å². The lowest BCUT2D eigenvalue weighted by Gasteiger charge is -2.15. The third kappa shape index (κ3) is 2.55. The molecule has 5 heteroatoms. The van der Waals surface area contributed by atoms with Crippen LogP contribution in [0.5, 0.6) is 0 Å². The van der Waals surface area contributed by atoms with Gasteiger partial charge < -0.3 is 0 Å². The largest absolute Gasteiger partial charge is 0.271 e. The van der Waals surface area contributed by atoms with Crippen LogP contribution in [0.15, 0.2) is 42.5 Å². The minimum Gasteiger partial charge on any atom is -0.271 e. The summed E-state index contributed by atoms with van der Waals surface area (Å²) in [6, 6.07) is 14.1. The minimum absolute atomic E-state index is 0.0572. The zero-order valence-corrected chi connectivity index (χ0v) is 12.5. The Bertz CT molecular complexity index is 754. The molecule has 102 valence electrons. The van der Waals surface area contributed by atoms with Crippen LogP contribution >= 0.6 is 22.9 Å². The number of hydrogen-bond donors (Lipinski definition) is 2. The van der Waals surface area contributed by atoms with Crippen LogP contribution in [0.25, 0.3) is 10.9 Å². The number of halogens is 1. The van der Waals surface area contributed by atoms with E-state index >= 15 is 0 Å². The first-order valence-corrected chi connectivity index (χ1v) is 7.45. The number of nitrogens with one attached hydrogen (secondary N) is 1. The van der Waals surface area contributed by atoms with Gasteiger partial charge in [-0.1, -0.05) is 23.7 Å². The van der Waals surface area contributed by atoms with Gasteiger partial charge >= 0.3 is 0 Å². The van der Waals surface area contributed by atoms with Crippen molar-refractivity contribution in [3.63, 3.8) is 0 Å². The molecule has 3 N–H and O–H groups in total. The number of aryl methyl sites for hydroxylation is 1. The van der Waals surface area contributed by atoms with Crippen molar-refractivity contribution in [3.8, 4) is 0 Å². The number of nitrogens with zero attached hydrogens (tertiary/aromatic N) is 1. The molecule has 3 nitrogen and oxygen atoms in total. The van der Waals surface area contributed by atoms with Crippen molar-refractivity contribution >= 4 is 33.8 Å². The van der Waals surface area contributed by atoms with E-state index in [1.165, 1.54) is 11.3 Å². The molecule has 0 radical (unpaired) electrons. The first-order valence-electron chi connectivity index (χ1n) is 6.26. The fraction of sp³-hybridized carbons (Fsp3) is 0.133. The van der Waals surface area contributed by atoms with E-state index in [1.54, 1.807) is 0 Å². The normalized spacial score (nSPS) is 12.8. The Morgan fingerprint density at radius 3 is 2.75 bits per heavy atom. The predicted octanol–water partition coefficient (Wildman–Crippen LogP) is 3.81. The number of hydrogen-bond acceptors (Lipinski definition) is 4. The molecule has 0 amide bonds. The quantitative estimate of drug-likeness (QED) is 0.571. The topological polar surface area (TPSA) is 50.9 Å². The smallest absolute Gasteiger partial charge is 0.0931 e. The van der Waals surface area contributed by atoms with Crippen molar-refractivity contribution < 1.29 is 0 Å². The van der Waals surface area contributed by atoms with E-state index < -0.39 is 0 Å². The average Bonchev–Trinajstić information content (AvgIpc) is 2.86. The summed E-state index contributed by atoms with van der Waals surface area (Å²) < 4.78 is 0.762. The Morgan fingerprint density at radius 1 is 1.20 bits per heavy atom. The fourth-order valence-corrected chi connectivity index (χ4v) is 3.40. The number of rotatable bonds is 3. The number of nitrogens with two attached hydrogens (primary N) is 1. The molecular weight excluding hydrogens is 290 g/mol. The zero-order valence-electron chi connectivity index (χ0n) is 10.9. The molecular formula is C15H14ClN3S. The van der Waals surface area contributed by atoms with E-state index in [0.717, 1.165) is 31.4 Å². The van der Waals surface area contributed by atoms with Crippen LogP contribution in [0.1, 0.15) is 22.2 Å². The summed E-state index contributed by atoms with van der Waals surface area (Å²) in [5, 5.41) is 1.11. The van der Waals surface area contributed by atoms with Crippen LogP contribution in [0, 0.1) is 6.92 Å². The lowest BCUT2D eigenvalue weighted by atomic mass is 10.0. The average molecular weight is 304 g/mol. The third-order valence-electron chi connectivity index (χ3n) is 3.23. The molecule has 0 fully saturated rings. The Kier molecular flexibility index (Phi) is 3.72. The molecule has 3 rings (SSSR count). The number of hydrazine groups is 1. The van der Waals surface area contributed by atoms with Gasteiger partial charge in [-0.3, -0.25) is 10.8 Å².